The number of amides is 1. The molecule has 0 aliphatic carbocycles. The van der Waals surface area contributed by atoms with Crippen LogP contribution in [0.25, 0.3) is 0 Å². The van der Waals surface area contributed by atoms with Crippen LogP contribution in [0.1, 0.15) is 27.9 Å². The van der Waals surface area contributed by atoms with E-state index in [0.717, 1.165) is 10.8 Å². The average Bonchev–Trinajstić information content (AvgIpc) is 3.13. The molecular formula is C21H21ClN2O3S. The molecule has 0 radical (unpaired) electrons. The van der Waals surface area contributed by atoms with Crippen molar-refractivity contribution in [3.8, 4) is 5.75 Å². The Kier molecular flexibility index (Phi) is 7.03. The van der Waals surface area contributed by atoms with E-state index in [2.05, 4.69) is 10.3 Å². The summed E-state index contributed by atoms with van der Waals surface area (Å²) in [5.74, 6) is 0.598. The number of nitrogens with zero attached hydrogens (tertiary/aromatic N) is 1. The molecule has 1 heterocycles. The molecule has 0 fully saturated rings. The molecule has 146 valence electrons. The van der Waals surface area contributed by atoms with Crippen LogP contribution in [0, 0.1) is 6.92 Å². The fraction of sp³-hybridized carbons (Fsp3) is 0.238. The number of rotatable bonds is 8. The summed E-state index contributed by atoms with van der Waals surface area (Å²) < 4.78 is 5.71. The predicted octanol–water partition coefficient (Wildman–Crippen LogP) is 4.08. The van der Waals surface area contributed by atoms with Gasteiger partial charge >= 0.3 is 0 Å². The number of carbonyl (C=O) groups is 1. The van der Waals surface area contributed by atoms with Crippen LogP contribution in [0.15, 0.2) is 53.9 Å². The Morgan fingerprint density at radius 3 is 2.64 bits per heavy atom. The average molecular weight is 417 g/mol. The fourth-order valence-corrected chi connectivity index (χ4v) is 3.35. The Bertz CT molecular complexity index is 910. The molecule has 2 N–H and O–H groups in total. The minimum Gasteiger partial charge on any atom is -0.486 e. The van der Waals surface area contributed by atoms with E-state index < -0.39 is 6.10 Å². The number of aliphatic hydroxyl groups excluding tert-OH is 1. The van der Waals surface area contributed by atoms with Crippen molar-refractivity contribution in [2.75, 3.05) is 6.54 Å². The molecule has 2 aromatic carbocycles. The summed E-state index contributed by atoms with van der Waals surface area (Å²) in [6, 6.07) is 14.7. The van der Waals surface area contributed by atoms with E-state index in [1.165, 1.54) is 16.9 Å². The lowest BCUT2D eigenvalue weighted by Crippen LogP contribution is -2.29. The number of benzene rings is 2. The predicted molar refractivity (Wildman–Crippen MR) is 111 cm³/mol. The van der Waals surface area contributed by atoms with Crippen molar-refractivity contribution in [1.29, 1.82) is 0 Å². The summed E-state index contributed by atoms with van der Waals surface area (Å²) in [4.78, 5) is 16.5. The summed E-state index contributed by atoms with van der Waals surface area (Å²) in [5, 5.41) is 16.1. The SMILES string of the molecule is Cc1ccc(OCc2nc(CC(=O)NCC(O)c3ccc(Cl)cc3)cs2)cc1. The van der Waals surface area contributed by atoms with Gasteiger partial charge in [-0.25, -0.2) is 4.98 Å². The maximum Gasteiger partial charge on any atom is 0.226 e. The minimum atomic E-state index is -0.782. The third-order valence-corrected chi connectivity index (χ3v) is 5.19. The highest BCUT2D eigenvalue weighted by Gasteiger charge is 2.12. The zero-order valence-corrected chi connectivity index (χ0v) is 17.0. The minimum absolute atomic E-state index is 0.133. The number of aromatic nitrogens is 1. The molecule has 1 aromatic heterocycles. The van der Waals surface area contributed by atoms with Gasteiger partial charge in [0.2, 0.25) is 5.91 Å². The van der Waals surface area contributed by atoms with Crippen molar-refractivity contribution in [2.45, 2.75) is 26.1 Å². The highest BCUT2D eigenvalue weighted by atomic mass is 35.5. The number of thiazole rings is 1. The Morgan fingerprint density at radius 1 is 1.21 bits per heavy atom. The Hall–Kier alpha value is -2.41. The van der Waals surface area contributed by atoms with Gasteiger partial charge in [0.05, 0.1) is 18.2 Å². The van der Waals surface area contributed by atoms with Gasteiger partial charge in [-0.2, -0.15) is 0 Å². The van der Waals surface area contributed by atoms with E-state index in [9.17, 15) is 9.90 Å². The lowest BCUT2D eigenvalue weighted by atomic mass is 10.1. The van der Waals surface area contributed by atoms with E-state index in [1.54, 1.807) is 24.3 Å². The number of hydrogen-bond acceptors (Lipinski definition) is 5. The van der Waals surface area contributed by atoms with Gasteiger partial charge in [0, 0.05) is 16.9 Å². The normalized spacial score (nSPS) is 11.8. The first-order chi connectivity index (χ1) is 13.5. The fourth-order valence-electron chi connectivity index (χ4n) is 2.52. The van der Waals surface area contributed by atoms with E-state index >= 15 is 0 Å². The quantitative estimate of drug-likeness (QED) is 0.580. The number of halogens is 1. The van der Waals surface area contributed by atoms with Crippen LogP contribution in [0.3, 0.4) is 0 Å². The van der Waals surface area contributed by atoms with E-state index in [1.807, 2.05) is 36.6 Å². The highest BCUT2D eigenvalue weighted by molar-refractivity contribution is 7.09. The third-order valence-electron chi connectivity index (χ3n) is 4.07. The topological polar surface area (TPSA) is 71.5 Å². The largest absolute Gasteiger partial charge is 0.486 e. The van der Waals surface area contributed by atoms with Crippen molar-refractivity contribution in [1.82, 2.24) is 10.3 Å². The summed E-state index contributed by atoms with van der Waals surface area (Å²) >= 11 is 7.29. The van der Waals surface area contributed by atoms with Gasteiger partial charge in [0.25, 0.3) is 0 Å². The van der Waals surface area contributed by atoms with Crippen molar-refractivity contribution >= 4 is 28.8 Å². The van der Waals surface area contributed by atoms with Gasteiger partial charge < -0.3 is 15.2 Å². The summed E-state index contributed by atoms with van der Waals surface area (Å²) in [5.41, 5.74) is 2.57. The monoisotopic (exact) mass is 416 g/mol. The van der Waals surface area contributed by atoms with Crippen molar-refractivity contribution in [3.05, 3.63) is 80.8 Å². The molecular weight excluding hydrogens is 396 g/mol. The molecule has 1 atom stereocenters. The second-order valence-electron chi connectivity index (χ2n) is 6.38. The van der Waals surface area contributed by atoms with Gasteiger partial charge in [-0.15, -0.1) is 11.3 Å². The number of nitrogens with one attached hydrogen (secondary N) is 1. The molecule has 0 saturated carbocycles. The Labute approximate surface area is 173 Å². The molecule has 0 bridgehead atoms. The maximum atomic E-state index is 12.1. The first-order valence-corrected chi connectivity index (χ1v) is 10.1. The van der Waals surface area contributed by atoms with Crippen LogP contribution < -0.4 is 10.1 Å². The number of aryl methyl sites for hydroxylation is 1. The molecule has 7 heteroatoms. The molecule has 3 aromatic rings. The summed E-state index contributed by atoms with van der Waals surface area (Å²) in [6.45, 7) is 2.52. The second kappa shape index (κ2) is 9.68. The van der Waals surface area contributed by atoms with Crippen molar-refractivity contribution < 1.29 is 14.6 Å². The third kappa shape index (κ3) is 6.05. The molecule has 0 saturated heterocycles. The van der Waals surface area contributed by atoms with Crippen molar-refractivity contribution in [3.63, 3.8) is 0 Å². The van der Waals surface area contributed by atoms with Crippen LogP contribution in [0.2, 0.25) is 5.02 Å². The molecule has 3 rings (SSSR count). The van der Waals surface area contributed by atoms with E-state index in [4.69, 9.17) is 16.3 Å². The summed E-state index contributed by atoms with van der Waals surface area (Å²) in [6.07, 6.45) is -0.621. The van der Waals surface area contributed by atoms with Gasteiger partial charge in [0.15, 0.2) is 0 Å². The number of carbonyl (C=O) groups excluding carboxylic acids is 1. The Morgan fingerprint density at radius 2 is 1.93 bits per heavy atom. The first-order valence-electron chi connectivity index (χ1n) is 8.82. The van der Waals surface area contributed by atoms with Crippen LogP contribution in [0.5, 0.6) is 5.75 Å². The van der Waals surface area contributed by atoms with Crippen LogP contribution >= 0.6 is 22.9 Å². The second-order valence-corrected chi connectivity index (χ2v) is 7.76. The number of aliphatic hydroxyl groups is 1. The molecule has 5 nitrogen and oxygen atoms in total. The Balaban J connectivity index is 1.44. The standard InChI is InChI=1S/C21H21ClN2O3S/c1-14-2-8-18(9-3-14)27-12-21-24-17(13-28-21)10-20(26)23-11-19(25)15-4-6-16(22)7-5-15/h2-9,13,19,25H,10-12H2,1H3,(H,23,26). The van der Waals surface area contributed by atoms with Gasteiger partial charge in [0.1, 0.15) is 17.4 Å². The summed E-state index contributed by atoms with van der Waals surface area (Å²) in [7, 11) is 0. The number of hydrogen-bond donors (Lipinski definition) is 2. The lowest BCUT2D eigenvalue weighted by Gasteiger charge is -2.12. The zero-order valence-electron chi connectivity index (χ0n) is 15.4. The maximum absolute atomic E-state index is 12.1. The van der Waals surface area contributed by atoms with Gasteiger partial charge in [-0.05, 0) is 36.8 Å². The molecule has 0 aliphatic heterocycles. The van der Waals surface area contributed by atoms with E-state index in [0.29, 0.717) is 22.9 Å². The van der Waals surface area contributed by atoms with Gasteiger partial charge in [-0.1, -0.05) is 41.4 Å². The van der Waals surface area contributed by atoms with Crippen LogP contribution in [-0.4, -0.2) is 22.5 Å². The molecule has 28 heavy (non-hydrogen) atoms. The van der Waals surface area contributed by atoms with Crippen molar-refractivity contribution in [2.24, 2.45) is 0 Å². The molecule has 1 unspecified atom stereocenters. The zero-order chi connectivity index (χ0) is 19.9. The molecule has 0 spiro atoms. The highest BCUT2D eigenvalue weighted by Crippen LogP contribution is 2.17. The first kappa shape index (κ1) is 20.3. The van der Waals surface area contributed by atoms with Crippen LogP contribution in [0.4, 0.5) is 0 Å². The van der Waals surface area contributed by atoms with Crippen LogP contribution in [-0.2, 0) is 17.8 Å². The molecule has 1 amide bonds. The van der Waals surface area contributed by atoms with Gasteiger partial charge in [-0.3, -0.25) is 4.79 Å². The van der Waals surface area contributed by atoms with E-state index in [-0.39, 0.29) is 18.9 Å². The molecule has 0 aliphatic rings. The smallest absolute Gasteiger partial charge is 0.226 e. The number of ether oxygens (including phenoxy) is 1. The lowest BCUT2D eigenvalue weighted by molar-refractivity contribution is -0.120.